The summed E-state index contributed by atoms with van der Waals surface area (Å²) in [7, 11) is 12.3. The van der Waals surface area contributed by atoms with Crippen molar-refractivity contribution in [2.75, 3.05) is 11.8 Å². The molecule has 0 bridgehead atoms. The van der Waals surface area contributed by atoms with Gasteiger partial charge in [-0.2, -0.15) is 0 Å². The molecule has 0 fully saturated rings. The van der Waals surface area contributed by atoms with E-state index in [9.17, 15) is 0 Å². The quantitative estimate of drug-likeness (QED) is 0.497. The van der Waals surface area contributed by atoms with Gasteiger partial charge in [0.05, 0.1) is 0 Å². The standard InChI is InChI=1S/C6H12Cl4Te/c7-3-1-5-11(9,10)6-2-4-8/h1-6H2. The van der Waals surface area contributed by atoms with E-state index < -0.39 is 15.9 Å². The van der Waals surface area contributed by atoms with E-state index in [1.807, 2.05) is 0 Å². The number of rotatable bonds is 6. The molecule has 0 atom stereocenters. The summed E-state index contributed by atoms with van der Waals surface area (Å²) >= 11 is 8.59. The van der Waals surface area contributed by atoms with Gasteiger partial charge in [-0.05, 0) is 0 Å². The zero-order chi connectivity index (χ0) is 8.74. The Hall–Kier alpha value is 1.95. The summed E-state index contributed by atoms with van der Waals surface area (Å²) in [6, 6.07) is 0. The van der Waals surface area contributed by atoms with Crippen molar-refractivity contribution in [3.8, 4) is 0 Å². The molecular formula is C6H12Cl4Te. The van der Waals surface area contributed by atoms with Crippen LogP contribution >= 0.6 is 41.1 Å². The normalized spacial score (nSPS) is 13.5. The van der Waals surface area contributed by atoms with Gasteiger partial charge in [-0.25, -0.2) is 0 Å². The Morgan fingerprint density at radius 1 is 0.818 bits per heavy atom. The zero-order valence-electron chi connectivity index (χ0n) is 6.16. The molecule has 0 nitrogen and oxygen atoms in total. The first kappa shape index (κ1) is 12.9. The molecule has 0 unspecified atom stereocenters. The summed E-state index contributed by atoms with van der Waals surface area (Å²) in [4.78, 5) is 0. The van der Waals surface area contributed by atoms with E-state index >= 15 is 0 Å². The van der Waals surface area contributed by atoms with Crippen LogP contribution in [0.2, 0.25) is 8.94 Å². The van der Waals surface area contributed by atoms with Gasteiger partial charge >= 0.3 is 90.6 Å². The van der Waals surface area contributed by atoms with Gasteiger partial charge in [0.25, 0.3) is 0 Å². The molecule has 0 spiro atoms. The maximum atomic E-state index is 6.13. The Morgan fingerprint density at radius 2 is 1.18 bits per heavy atom. The fourth-order valence-electron chi connectivity index (χ4n) is 0.634. The van der Waals surface area contributed by atoms with Crippen LogP contribution in [0.25, 0.3) is 0 Å². The van der Waals surface area contributed by atoms with E-state index in [4.69, 9.17) is 41.1 Å². The summed E-state index contributed by atoms with van der Waals surface area (Å²) < 4.78 is 1.87. The van der Waals surface area contributed by atoms with Crippen LogP contribution in [0.5, 0.6) is 0 Å². The molecule has 0 aliphatic carbocycles. The van der Waals surface area contributed by atoms with Crippen molar-refractivity contribution in [3.63, 3.8) is 0 Å². The van der Waals surface area contributed by atoms with E-state index in [0.717, 1.165) is 21.8 Å². The molecule has 0 aliphatic rings. The van der Waals surface area contributed by atoms with E-state index in [-0.39, 0.29) is 0 Å². The van der Waals surface area contributed by atoms with E-state index in [0.29, 0.717) is 11.8 Å². The van der Waals surface area contributed by atoms with E-state index in [1.54, 1.807) is 0 Å². The monoisotopic (exact) mass is 354 g/mol. The Labute approximate surface area is 89.8 Å². The minimum absolute atomic E-state index is 0.661. The first-order chi connectivity index (χ1) is 5.12. The predicted molar refractivity (Wildman–Crippen MR) is 57.7 cm³/mol. The third kappa shape index (κ3) is 8.28. The van der Waals surface area contributed by atoms with Gasteiger partial charge in [-0.15, -0.1) is 0 Å². The Morgan fingerprint density at radius 3 is 1.45 bits per heavy atom. The van der Waals surface area contributed by atoms with Crippen molar-refractivity contribution >= 4 is 57.1 Å². The molecule has 0 heterocycles. The van der Waals surface area contributed by atoms with Gasteiger partial charge in [0.2, 0.25) is 0 Å². The molecule has 0 saturated heterocycles. The third-order valence-corrected chi connectivity index (χ3v) is 10.9. The van der Waals surface area contributed by atoms with Crippen LogP contribution in [0.4, 0.5) is 0 Å². The van der Waals surface area contributed by atoms with Gasteiger partial charge in [0.15, 0.2) is 0 Å². The van der Waals surface area contributed by atoms with Crippen LogP contribution in [-0.4, -0.2) is 27.7 Å². The summed E-state index contributed by atoms with van der Waals surface area (Å²) in [6.07, 6.45) is 1.88. The molecule has 0 aromatic heterocycles. The minimum atomic E-state index is -2.47. The van der Waals surface area contributed by atoms with Gasteiger partial charge in [0.1, 0.15) is 0 Å². The number of hydrogen-bond donors (Lipinski definition) is 0. The van der Waals surface area contributed by atoms with E-state index in [1.165, 1.54) is 0 Å². The van der Waals surface area contributed by atoms with Crippen molar-refractivity contribution in [3.05, 3.63) is 0 Å². The second-order valence-corrected chi connectivity index (χ2v) is 18.3. The topological polar surface area (TPSA) is 0 Å². The molecule has 0 aliphatic heterocycles. The van der Waals surface area contributed by atoms with Gasteiger partial charge in [-0.1, -0.05) is 0 Å². The second-order valence-electron chi connectivity index (χ2n) is 2.19. The van der Waals surface area contributed by atoms with Crippen molar-refractivity contribution in [2.45, 2.75) is 21.8 Å². The van der Waals surface area contributed by atoms with Crippen LogP contribution in [0, 0.1) is 0 Å². The van der Waals surface area contributed by atoms with Crippen LogP contribution in [0.3, 0.4) is 0 Å². The SMILES string of the molecule is ClCCC[Te](Cl)(Cl)CCCCl. The van der Waals surface area contributed by atoms with Crippen LogP contribution in [-0.2, 0) is 0 Å². The summed E-state index contributed by atoms with van der Waals surface area (Å²) in [5.74, 6) is 1.32. The molecular weight excluding hydrogens is 341 g/mol. The average molecular weight is 354 g/mol. The Kier molecular flexibility index (Phi) is 8.67. The second kappa shape index (κ2) is 7.36. The first-order valence-corrected chi connectivity index (χ1v) is 13.7. The molecule has 70 valence electrons. The molecule has 0 aromatic carbocycles. The molecule has 0 saturated carbocycles. The molecule has 0 radical (unpaired) electrons. The van der Waals surface area contributed by atoms with Crippen molar-refractivity contribution in [2.24, 2.45) is 0 Å². The Bertz CT molecular complexity index is 86.6. The molecule has 0 aromatic rings. The average Bonchev–Trinajstić information content (AvgIpc) is 1.97. The fraction of sp³-hybridized carbons (Fsp3) is 1.00. The number of halogens is 4. The Balaban J connectivity index is 3.43. The van der Waals surface area contributed by atoms with Crippen molar-refractivity contribution in [1.29, 1.82) is 0 Å². The fourth-order valence-corrected chi connectivity index (χ4v) is 8.64. The van der Waals surface area contributed by atoms with Crippen molar-refractivity contribution < 1.29 is 0 Å². The summed E-state index contributed by atoms with van der Waals surface area (Å²) in [6.45, 7) is 0. The zero-order valence-corrected chi connectivity index (χ0v) is 11.5. The van der Waals surface area contributed by atoms with Crippen LogP contribution in [0.1, 0.15) is 12.8 Å². The van der Waals surface area contributed by atoms with Gasteiger partial charge < -0.3 is 0 Å². The van der Waals surface area contributed by atoms with Crippen LogP contribution < -0.4 is 0 Å². The molecule has 0 rings (SSSR count). The molecule has 0 N–H and O–H groups in total. The van der Waals surface area contributed by atoms with Gasteiger partial charge in [0, 0.05) is 0 Å². The molecule has 11 heavy (non-hydrogen) atoms. The first-order valence-electron chi connectivity index (χ1n) is 3.42. The summed E-state index contributed by atoms with van der Waals surface area (Å²) in [5.41, 5.74) is 0. The third-order valence-electron chi connectivity index (χ3n) is 1.15. The predicted octanol–water partition coefficient (Wildman–Crippen LogP) is 4.16. The van der Waals surface area contributed by atoms with Gasteiger partial charge in [-0.3, -0.25) is 0 Å². The maximum absolute atomic E-state index is 6.13. The summed E-state index contributed by atoms with van der Waals surface area (Å²) in [5, 5.41) is 0. The molecule has 0 amide bonds. The van der Waals surface area contributed by atoms with E-state index in [2.05, 4.69) is 0 Å². The molecule has 5 heteroatoms. The number of alkyl halides is 2. The van der Waals surface area contributed by atoms with Crippen LogP contribution in [0.15, 0.2) is 0 Å². The van der Waals surface area contributed by atoms with Crippen molar-refractivity contribution in [1.82, 2.24) is 0 Å². The number of hydrogen-bond acceptors (Lipinski definition) is 0.